The Morgan fingerprint density at radius 3 is 2.15 bits per heavy atom. The van der Waals surface area contributed by atoms with Crippen LogP contribution in [-0.4, -0.2) is 30.1 Å². The van der Waals surface area contributed by atoms with Crippen molar-refractivity contribution in [1.82, 2.24) is 8.42 Å². The summed E-state index contributed by atoms with van der Waals surface area (Å²) < 4.78 is 39.6. The third-order valence-electron chi connectivity index (χ3n) is 3.11. The van der Waals surface area contributed by atoms with Crippen molar-refractivity contribution in [3.8, 4) is 0 Å². The smallest absolute Gasteiger partial charge is 0.294 e. The number of hydrogen-bond acceptors (Lipinski definition) is 1. The molecule has 0 aliphatic carbocycles. The second-order valence-electron chi connectivity index (χ2n) is 5.94. The van der Waals surface area contributed by atoms with Crippen molar-refractivity contribution in [2.75, 3.05) is 20.6 Å². The molecule has 2 nitrogen and oxygen atoms in total. The van der Waals surface area contributed by atoms with E-state index in [1.807, 2.05) is 27.9 Å². The van der Waals surface area contributed by atoms with E-state index in [1.165, 1.54) is 6.07 Å². The molecule has 0 radical (unpaired) electrons. The van der Waals surface area contributed by atoms with E-state index in [2.05, 4.69) is 0 Å². The first-order valence-electron chi connectivity index (χ1n) is 5.99. The predicted octanol–water partition coefficient (Wildman–Crippen LogP) is 4.66. The average molecular weight is 330 g/mol. The highest BCUT2D eigenvalue weighted by atomic mass is 35.5. The second-order valence-corrected chi connectivity index (χ2v) is 6.79. The van der Waals surface area contributed by atoms with Gasteiger partial charge in [0.05, 0.1) is 25.2 Å². The van der Waals surface area contributed by atoms with Crippen LogP contribution in [0.25, 0.3) is 0 Å². The van der Waals surface area contributed by atoms with Crippen LogP contribution in [0.5, 0.6) is 0 Å². The molecule has 0 amide bonds. The Kier molecular flexibility index (Phi) is 5.02. The van der Waals surface area contributed by atoms with E-state index < -0.39 is 17.3 Å². The SMILES string of the molecule is CC(C)(C[N+](C)(C)c1cccc(C(F)(F)F)c1)N(Cl)Cl. The molecule has 0 fully saturated rings. The third kappa shape index (κ3) is 4.25. The van der Waals surface area contributed by atoms with E-state index >= 15 is 0 Å². The van der Waals surface area contributed by atoms with E-state index in [0.29, 0.717) is 12.2 Å². The molecule has 0 N–H and O–H groups in total. The first-order valence-corrected chi connectivity index (χ1v) is 6.66. The largest absolute Gasteiger partial charge is 0.416 e. The highest BCUT2D eigenvalue weighted by Gasteiger charge is 2.36. The van der Waals surface area contributed by atoms with Crippen molar-refractivity contribution in [3.05, 3.63) is 29.8 Å². The Labute approximate surface area is 127 Å². The minimum absolute atomic E-state index is 0.229. The van der Waals surface area contributed by atoms with E-state index in [1.54, 1.807) is 6.07 Å². The van der Waals surface area contributed by atoms with Crippen LogP contribution in [0.1, 0.15) is 19.4 Å². The van der Waals surface area contributed by atoms with Crippen LogP contribution in [0.4, 0.5) is 18.9 Å². The number of nitrogens with zero attached hydrogens (tertiary/aromatic N) is 2. The van der Waals surface area contributed by atoms with E-state index in [4.69, 9.17) is 23.6 Å². The van der Waals surface area contributed by atoms with Gasteiger partial charge in [-0.2, -0.15) is 13.2 Å². The minimum atomic E-state index is -4.35. The Morgan fingerprint density at radius 2 is 1.70 bits per heavy atom. The Morgan fingerprint density at radius 1 is 1.15 bits per heavy atom. The molecule has 1 aromatic rings. The molecular weight excluding hydrogens is 312 g/mol. The Hall–Kier alpha value is -0.490. The van der Waals surface area contributed by atoms with Gasteiger partial charge in [-0.25, -0.2) is 0 Å². The summed E-state index contributed by atoms with van der Waals surface area (Å²) in [6.07, 6.45) is -4.35. The number of benzene rings is 1. The third-order valence-corrected chi connectivity index (χ3v) is 4.03. The fourth-order valence-corrected chi connectivity index (χ4v) is 2.28. The highest BCUT2D eigenvalue weighted by Crippen LogP contribution is 2.34. The molecule has 0 saturated carbocycles. The lowest BCUT2D eigenvalue weighted by atomic mass is 10.0. The second kappa shape index (κ2) is 5.72. The van der Waals surface area contributed by atoms with Crippen molar-refractivity contribution >= 4 is 29.2 Å². The lowest BCUT2D eigenvalue weighted by Gasteiger charge is -2.38. The van der Waals surface area contributed by atoms with Gasteiger partial charge < -0.3 is 0 Å². The lowest BCUT2D eigenvalue weighted by Crippen LogP contribution is -2.53. The fourth-order valence-electron chi connectivity index (χ4n) is 2.17. The summed E-state index contributed by atoms with van der Waals surface area (Å²) in [5, 5.41) is 0. The molecule has 1 aromatic carbocycles. The molecular formula is C13H18Cl2F3N2+. The summed E-state index contributed by atoms with van der Waals surface area (Å²) in [4.78, 5) is 0. The van der Waals surface area contributed by atoms with Crippen LogP contribution < -0.4 is 4.48 Å². The molecule has 114 valence electrons. The number of hydrogen-bond donors (Lipinski definition) is 0. The Bertz CT molecular complexity index is 471. The maximum Gasteiger partial charge on any atom is 0.416 e. The van der Waals surface area contributed by atoms with Crippen molar-refractivity contribution in [2.24, 2.45) is 0 Å². The van der Waals surface area contributed by atoms with Crippen LogP contribution in [0.3, 0.4) is 0 Å². The molecule has 0 aliphatic heterocycles. The molecule has 0 aliphatic rings. The normalized spacial score (nSPS) is 13.9. The van der Waals surface area contributed by atoms with E-state index in [-0.39, 0.29) is 4.48 Å². The van der Waals surface area contributed by atoms with Gasteiger partial charge in [0.25, 0.3) is 0 Å². The summed E-state index contributed by atoms with van der Waals surface area (Å²) in [6, 6.07) is 5.29. The summed E-state index contributed by atoms with van der Waals surface area (Å²) in [6.45, 7) is 4.09. The van der Waals surface area contributed by atoms with Gasteiger partial charge in [0.2, 0.25) is 0 Å². The van der Waals surface area contributed by atoms with Gasteiger partial charge in [0, 0.05) is 6.07 Å². The molecule has 0 saturated heterocycles. The zero-order valence-corrected chi connectivity index (χ0v) is 13.3. The van der Waals surface area contributed by atoms with Crippen molar-refractivity contribution in [2.45, 2.75) is 25.6 Å². The van der Waals surface area contributed by atoms with Gasteiger partial charge in [-0.05, 0) is 49.5 Å². The van der Waals surface area contributed by atoms with Crippen LogP contribution >= 0.6 is 23.6 Å². The molecule has 0 aromatic heterocycles. The minimum Gasteiger partial charge on any atom is -0.294 e. The van der Waals surface area contributed by atoms with Crippen molar-refractivity contribution in [1.29, 1.82) is 0 Å². The van der Waals surface area contributed by atoms with E-state index in [0.717, 1.165) is 16.1 Å². The topological polar surface area (TPSA) is 3.24 Å². The number of halogens is 5. The highest BCUT2D eigenvalue weighted by molar-refractivity contribution is 6.34. The molecule has 1 rings (SSSR count). The number of likely N-dealkylation sites (N-methyl/N-ethyl adjacent to an activating group) is 1. The van der Waals surface area contributed by atoms with Gasteiger partial charge in [-0.15, -0.1) is 3.94 Å². The number of rotatable bonds is 4. The van der Waals surface area contributed by atoms with E-state index in [9.17, 15) is 13.2 Å². The van der Waals surface area contributed by atoms with Gasteiger partial charge in [-0.1, -0.05) is 6.07 Å². The molecule has 0 spiro atoms. The summed E-state index contributed by atoms with van der Waals surface area (Å²) in [7, 11) is 3.63. The molecule has 7 heteroatoms. The lowest BCUT2D eigenvalue weighted by molar-refractivity contribution is -0.137. The molecule has 20 heavy (non-hydrogen) atoms. The quantitative estimate of drug-likeness (QED) is 0.573. The van der Waals surface area contributed by atoms with Crippen LogP contribution in [0.2, 0.25) is 0 Å². The zero-order valence-electron chi connectivity index (χ0n) is 11.8. The monoisotopic (exact) mass is 329 g/mol. The first-order chi connectivity index (χ1) is 8.86. The maximum absolute atomic E-state index is 12.8. The van der Waals surface area contributed by atoms with Crippen molar-refractivity contribution in [3.63, 3.8) is 0 Å². The summed E-state index contributed by atoms with van der Waals surface area (Å²) >= 11 is 11.6. The fraction of sp³-hybridized carbons (Fsp3) is 0.538. The molecule has 0 heterocycles. The van der Waals surface area contributed by atoms with Gasteiger partial charge >= 0.3 is 6.18 Å². The van der Waals surface area contributed by atoms with Crippen LogP contribution in [-0.2, 0) is 6.18 Å². The first kappa shape index (κ1) is 17.6. The summed E-state index contributed by atoms with van der Waals surface area (Å²) in [5.41, 5.74) is -0.698. The predicted molar refractivity (Wildman–Crippen MR) is 77.6 cm³/mol. The average Bonchev–Trinajstić information content (AvgIpc) is 2.26. The molecule has 0 atom stereocenters. The molecule has 0 bridgehead atoms. The number of alkyl halides is 3. The van der Waals surface area contributed by atoms with Gasteiger partial charge in [0.1, 0.15) is 12.2 Å². The van der Waals surface area contributed by atoms with Crippen LogP contribution in [0.15, 0.2) is 24.3 Å². The zero-order chi connectivity index (χ0) is 15.8. The van der Waals surface area contributed by atoms with Crippen molar-refractivity contribution < 1.29 is 13.2 Å². The number of quaternary nitrogens is 1. The van der Waals surface area contributed by atoms with Gasteiger partial charge in [0.15, 0.2) is 0 Å². The standard InChI is InChI=1S/C13H18Cl2F3N2/c1-12(2,19(14)15)9-20(3,4)11-7-5-6-10(8-11)13(16,17)18/h5-8H,9H2,1-4H3/q+1. The maximum atomic E-state index is 12.8. The van der Waals surface area contributed by atoms with Crippen LogP contribution in [0, 0.1) is 0 Å². The Balaban J connectivity index is 3.10. The molecule has 0 unspecified atom stereocenters. The van der Waals surface area contributed by atoms with Gasteiger partial charge in [-0.3, -0.25) is 4.48 Å². The summed E-state index contributed by atoms with van der Waals surface area (Å²) in [5.74, 6) is 0.